The lowest BCUT2D eigenvalue weighted by molar-refractivity contribution is -0.385. The maximum Gasteiger partial charge on any atom is 0.332 e. The Morgan fingerprint density at radius 1 is 1.19 bits per heavy atom. The van der Waals surface area contributed by atoms with Crippen LogP contribution in [0.5, 0.6) is 11.5 Å². The van der Waals surface area contributed by atoms with E-state index in [1.165, 1.54) is 0 Å². The number of hydrogen-bond donors (Lipinski definition) is 1. The van der Waals surface area contributed by atoms with E-state index in [2.05, 4.69) is 15.3 Å². The van der Waals surface area contributed by atoms with Gasteiger partial charge in [-0.25, -0.2) is 4.98 Å². The standard InChI is InChI=1S/C17H21N5O4/c1-11-15(22(23)24)16(21-8-4-5-9-21)20-17(18-11)19-13-7-6-12(25-2)10-14(13)26-3/h6-7,10H,4-5,8-9H2,1-3H3,(H,18,19,20). The van der Waals surface area contributed by atoms with Crippen molar-refractivity contribution in [3.05, 3.63) is 34.0 Å². The summed E-state index contributed by atoms with van der Waals surface area (Å²) in [4.78, 5) is 21.7. The molecule has 1 N–H and O–H groups in total. The molecule has 1 aliphatic rings. The van der Waals surface area contributed by atoms with Gasteiger partial charge in [-0.2, -0.15) is 4.98 Å². The minimum Gasteiger partial charge on any atom is -0.497 e. The largest absolute Gasteiger partial charge is 0.497 e. The number of nitrogens with zero attached hydrogens (tertiary/aromatic N) is 4. The second-order valence-corrected chi connectivity index (χ2v) is 5.95. The molecule has 2 heterocycles. The van der Waals surface area contributed by atoms with Gasteiger partial charge in [-0.05, 0) is 31.9 Å². The van der Waals surface area contributed by atoms with Crippen LogP contribution < -0.4 is 19.7 Å². The Labute approximate surface area is 151 Å². The average molecular weight is 359 g/mol. The van der Waals surface area contributed by atoms with Crippen molar-refractivity contribution in [2.75, 3.05) is 37.5 Å². The van der Waals surface area contributed by atoms with E-state index in [1.807, 2.05) is 4.90 Å². The van der Waals surface area contributed by atoms with Crippen LogP contribution in [0.15, 0.2) is 18.2 Å². The first-order valence-corrected chi connectivity index (χ1v) is 8.30. The van der Waals surface area contributed by atoms with Gasteiger partial charge in [0.1, 0.15) is 17.2 Å². The molecule has 1 aromatic carbocycles. The molecule has 138 valence electrons. The lowest BCUT2D eigenvalue weighted by atomic mass is 10.2. The number of hydrogen-bond acceptors (Lipinski definition) is 8. The minimum absolute atomic E-state index is 0.0425. The van der Waals surface area contributed by atoms with Crippen LogP contribution in [0.4, 0.5) is 23.1 Å². The summed E-state index contributed by atoms with van der Waals surface area (Å²) in [5, 5.41) is 14.6. The maximum absolute atomic E-state index is 11.5. The summed E-state index contributed by atoms with van der Waals surface area (Å²) in [6.45, 7) is 3.13. The molecule has 0 aliphatic carbocycles. The average Bonchev–Trinajstić information content (AvgIpc) is 3.15. The summed E-state index contributed by atoms with van der Waals surface area (Å²) in [5.41, 5.74) is 0.926. The molecule has 26 heavy (non-hydrogen) atoms. The molecule has 1 fully saturated rings. The molecule has 2 aromatic rings. The van der Waals surface area contributed by atoms with E-state index < -0.39 is 4.92 Å². The highest BCUT2D eigenvalue weighted by Crippen LogP contribution is 2.35. The highest BCUT2D eigenvalue weighted by Gasteiger charge is 2.28. The SMILES string of the molecule is COc1ccc(Nc2nc(C)c([N+](=O)[O-])c(N3CCCC3)n2)c(OC)c1. The van der Waals surface area contributed by atoms with Crippen molar-refractivity contribution in [2.24, 2.45) is 0 Å². The zero-order chi connectivity index (χ0) is 18.7. The fourth-order valence-electron chi connectivity index (χ4n) is 2.99. The second kappa shape index (κ2) is 7.42. The Kier molecular flexibility index (Phi) is 5.06. The van der Waals surface area contributed by atoms with Crippen molar-refractivity contribution in [1.82, 2.24) is 9.97 Å². The van der Waals surface area contributed by atoms with E-state index in [1.54, 1.807) is 39.3 Å². The van der Waals surface area contributed by atoms with Gasteiger partial charge in [0.25, 0.3) is 0 Å². The molecule has 0 bridgehead atoms. The van der Waals surface area contributed by atoms with Crippen LogP contribution >= 0.6 is 0 Å². The zero-order valence-corrected chi connectivity index (χ0v) is 15.0. The summed E-state index contributed by atoms with van der Waals surface area (Å²) in [7, 11) is 3.13. The molecule has 1 aromatic heterocycles. The first-order valence-electron chi connectivity index (χ1n) is 8.30. The summed E-state index contributed by atoms with van der Waals surface area (Å²) >= 11 is 0. The van der Waals surface area contributed by atoms with Gasteiger partial charge < -0.3 is 19.7 Å². The lowest BCUT2D eigenvalue weighted by Gasteiger charge is -2.18. The van der Waals surface area contributed by atoms with E-state index in [4.69, 9.17) is 9.47 Å². The van der Waals surface area contributed by atoms with Crippen LogP contribution in [0.25, 0.3) is 0 Å². The number of aromatic nitrogens is 2. The third-order valence-electron chi connectivity index (χ3n) is 4.28. The first kappa shape index (κ1) is 17.7. The van der Waals surface area contributed by atoms with Gasteiger partial charge in [-0.3, -0.25) is 10.1 Å². The molecule has 0 radical (unpaired) electrons. The highest BCUT2D eigenvalue weighted by atomic mass is 16.6. The van der Waals surface area contributed by atoms with Gasteiger partial charge >= 0.3 is 5.69 Å². The van der Waals surface area contributed by atoms with Crippen molar-refractivity contribution in [2.45, 2.75) is 19.8 Å². The summed E-state index contributed by atoms with van der Waals surface area (Å²) in [6.07, 6.45) is 1.99. The van der Waals surface area contributed by atoms with Gasteiger partial charge in [-0.15, -0.1) is 0 Å². The molecule has 1 saturated heterocycles. The second-order valence-electron chi connectivity index (χ2n) is 5.95. The summed E-state index contributed by atoms with van der Waals surface area (Å²) in [6, 6.07) is 5.31. The maximum atomic E-state index is 11.5. The Morgan fingerprint density at radius 2 is 1.92 bits per heavy atom. The number of rotatable bonds is 6. The molecule has 9 heteroatoms. The summed E-state index contributed by atoms with van der Waals surface area (Å²) < 4.78 is 10.6. The zero-order valence-electron chi connectivity index (χ0n) is 15.0. The van der Waals surface area contributed by atoms with Crippen molar-refractivity contribution in [3.63, 3.8) is 0 Å². The molecular formula is C17H21N5O4. The third-order valence-corrected chi connectivity index (χ3v) is 4.28. The molecule has 9 nitrogen and oxygen atoms in total. The van der Waals surface area contributed by atoms with E-state index in [-0.39, 0.29) is 5.69 Å². The number of aryl methyl sites for hydroxylation is 1. The van der Waals surface area contributed by atoms with E-state index in [0.717, 1.165) is 25.9 Å². The first-order chi connectivity index (χ1) is 12.5. The van der Waals surface area contributed by atoms with Crippen molar-refractivity contribution in [1.29, 1.82) is 0 Å². The quantitative estimate of drug-likeness (QED) is 0.620. The number of benzene rings is 1. The van der Waals surface area contributed by atoms with Crippen molar-refractivity contribution >= 4 is 23.1 Å². The monoisotopic (exact) mass is 359 g/mol. The molecular weight excluding hydrogens is 338 g/mol. The lowest BCUT2D eigenvalue weighted by Crippen LogP contribution is -2.22. The predicted octanol–water partition coefficient (Wildman–Crippen LogP) is 3.05. The smallest absolute Gasteiger partial charge is 0.332 e. The van der Waals surface area contributed by atoms with Gasteiger partial charge in [-0.1, -0.05) is 0 Å². The number of nitro groups is 1. The van der Waals surface area contributed by atoms with Crippen LogP contribution in [0.2, 0.25) is 0 Å². The third kappa shape index (κ3) is 3.46. The Hall–Kier alpha value is -3.10. The predicted molar refractivity (Wildman–Crippen MR) is 97.7 cm³/mol. The van der Waals surface area contributed by atoms with Gasteiger partial charge in [0.05, 0.1) is 24.8 Å². The number of methoxy groups -OCH3 is 2. The van der Waals surface area contributed by atoms with E-state index >= 15 is 0 Å². The molecule has 0 unspecified atom stereocenters. The van der Waals surface area contributed by atoms with E-state index in [0.29, 0.717) is 34.6 Å². The fourth-order valence-corrected chi connectivity index (χ4v) is 2.99. The Bertz CT molecular complexity index is 821. The Balaban J connectivity index is 1.99. The van der Waals surface area contributed by atoms with Crippen LogP contribution in [0, 0.1) is 17.0 Å². The van der Waals surface area contributed by atoms with Gasteiger partial charge in [0.15, 0.2) is 0 Å². The number of nitrogens with one attached hydrogen (secondary N) is 1. The van der Waals surface area contributed by atoms with E-state index in [9.17, 15) is 10.1 Å². The molecule has 0 saturated carbocycles. The molecule has 1 aliphatic heterocycles. The van der Waals surface area contributed by atoms with Crippen molar-refractivity contribution in [3.8, 4) is 11.5 Å². The van der Waals surface area contributed by atoms with Gasteiger partial charge in [0, 0.05) is 19.2 Å². The fraction of sp³-hybridized carbons (Fsp3) is 0.412. The van der Waals surface area contributed by atoms with Crippen LogP contribution in [0.1, 0.15) is 18.5 Å². The molecule has 3 rings (SSSR count). The molecule has 0 amide bonds. The topological polar surface area (TPSA) is 103 Å². The number of anilines is 3. The van der Waals surface area contributed by atoms with Crippen molar-refractivity contribution < 1.29 is 14.4 Å². The van der Waals surface area contributed by atoms with Crippen LogP contribution in [0.3, 0.4) is 0 Å². The summed E-state index contributed by atoms with van der Waals surface area (Å²) in [5.74, 6) is 1.87. The van der Waals surface area contributed by atoms with Crippen LogP contribution in [-0.4, -0.2) is 42.2 Å². The highest BCUT2D eigenvalue weighted by molar-refractivity contribution is 5.68. The normalized spacial score (nSPS) is 13.6. The molecule has 0 spiro atoms. The minimum atomic E-state index is -0.416. The number of ether oxygens (including phenoxy) is 2. The van der Waals surface area contributed by atoms with Crippen LogP contribution in [-0.2, 0) is 0 Å². The Morgan fingerprint density at radius 3 is 2.54 bits per heavy atom. The molecule has 0 atom stereocenters. The van der Waals surface area contributed by atoms with Gasteiger partial charge in [0.2, 0.25) is 11.8 Å².